The molecule has 194 valence electrons. The van der Waals surface area contributed by atoms with Crippen LogP contribution >= 0.6 is 11.6 Å². The Kier molecular flexibility index (Phi) is 6.36. The maximum Gasteiger partial charge on any atom is 0.407 e. The summed E-state index contributed by atoms with van der Waals surface area (Å²) in [5.41, 5.74) is -0.0511. The van der Waals surface area contributed by atoms with Crippen molar-refractivity contribution >= 4 is 35.4 Å². The van der Waals surface area contributed by atoms with Gasteiger partial charge in [-0.3, -0.25) is 24.6 Å². The van der Waals surface area contributed by atoms with Crippen molar-refractivity contribution in [2.75, 3.05) is 13.1 Å². The topological polar surface area (TPSA) is 108 Å². The number of hydrogen-bond acceptors (Lipinski definition) is 6. The summed E-state index contributed by atoms with van der Waals surface area (Å²) >= 11 is 6.30. The number of amides is 4. The molecule has 1 aliphatic carbocycles. The molecule has 2 N–H and O–H groups in total. The second-order valence-corrected chi connectivity index (χ2v) is 10.1. The molecule has 5 rings (SSSR count). The van der Waals surface area contributed by atoms with Crippen molar-refractivity contribution in [2.45, 2.75) is 69.3 Å². The zero-order chi connectivity index (χ0) is 25.8. The number of carbonyl (C=O) groups excluding carboxylic acids is 4. The molecule has 4 amide bonds. The van der Waals surface area contributed by atoms with E-state index in [1.165, 1.54) is 11.0 Å². The first-order valence-corrected chi connectivity index (χ1v) is 12.1. The summed E-state index contributed by atoms with van der Waals surface area (Å²) in [6.45, 7) is -0.334. The number of nitrogens with zero attached hydrogens (tertiary/aromatic N) is 2. The van der Waals surface area contributed by atoms with E-state index >= 15 is 4.39 Å². The van der Waals surface area contributed by atoms with E-state index < -0.39 is 47.7 Å². The van der Waals surface area contributed by atoms with Gasteiger partial charge in [-0.15, -0.1) is 0 Å². The summed E-state index contributed by atoms with van der Waals surface area (Å²) in [4.78, 5) is 51.7. The minimum atomic E-state index is -2.68. The van der Waals surface area contributed by atoms with Crippen LogP contribution in [-0.4, -0.2) is 70.8 Å². The maximum atomic E-state index is 15.3. The fraction of sp³-hybridized carbons (Fsp3) is 0.565. The first-order valence-electron chi connectivity index (χ1n) is 11.7. The van der Waals surface area contributed by atoms with Crippen LogP contribution in [0.15, 0.2) is 6.07 Å². The first-order chi connectivity index (χ1) is 17.0. The van der Waals surface area contributed by atoms with Gasteiger partial charge >= 0.3 is 6.09 Å². The summed E-state index contributed by atoms with van der Waals surface area (Å²) in [5, 5.41) is 4.73. The van der Waals surface area contributed by atoms with E-state index in [0.717, 1.165) is 0 Å². The van der Waals surface area contributed by atoms with E-state index in [1.54, 1.807) is 4.90 Å². The normalized spacial score (nSPS) is 27.5. The molecular formula is C23H24ClF3N4O5. The predicted molar refractivity (Wildman–Crippen MR) is 119 cm³/mol. The molecular weight excluding hydrogens is 505 g/mol. The molecule has 0 radical (unpaired) electrons. The Morgan fingerprint density at radius 2 is 2.03 bits per heavy atom. The summed E-state index contributed by atoms with van der Waals surface area (Å²) in [6, 6.07) is 0.347. The molecule has 1 saturated carbocycles. The highest BCUT2D eigenvalue weighted by Gasteiger charge is 2.45. The zero-order valence-electron chi connectivity index (χ0n) is 19.1. The van der Waals surface area contributed by atoms with Gasteiger partial charge in [-0.05, 0) is 12.5 Å². The van der Waals surface area contributed by atoms with Gasteiger partial charge in [-0.25, -0.2) is 18.0 Å². The molecule has 36 heavy (non-hydrogen) atoms. The highest BCUT2D eigenvalue weighted by Crippen LogP contribution is 2.37. The van der Waals surface area contributed by atoms with Gasteiger partial charge < -0.3 is 15.0 Å². The Hall–Kier alpha value is -2.86. The quantitative estimate of drug-likeness (QED) is 0.568. The van der Waals surface area contributed by atoms with Crippen molar-refractivity contribution in [1.29, 1.82) is 0 Å². The van der Waals surface area contributed by atoms with Crippen LogP contribution in [0.1, 0.15) is 53.6 Å². The minimum absolute atomic E-state index is 0.0278. The molecule has 4 aliphatic rings. The van der Waals surface area contributed by atoms with E-state index in [-0.39, 0.29) is 66.7 Å². The number of carbonyl (C=O) groups is 4. The van der Waals surface area contributed by atoms with Crippen molar-refractivity contribution < 1.29 is 37.1 Å². The number of alkyl carbamates (subject to hydrolysis) is 1. The number of likely N-dealkylation sites (tertiary alicyclic amines) is 1. The lowest BCUT2D eigenvalue weighted by molar-refractivity contribution is -0.136. The van der Waals surface area contributed by atoms with Crippen LogP contribution in [0.25, 0.3) is 0 Å². The smallest absolute Gasteiger partial charge is 0.407 e. The van der Waals surface area contributed by atoms with Crippen molar-refractivity contribution in [2.24, 2.45) is 0 Å². The van der Waals surface area contributed by atoms with Crippen LogP contribution < -0.4 is 10.6 Å². The Morgan fingerprint density at radius 1 is 1.28 bits per heavy atom. The number of benzene rings is 1. The van der Waals surface area contributed by atoms with Crippen LogP contribution in [0.4, 0.5) is 18.0 Å². The molecule has 0 unspecified atom stereocenters. The monoisotopic (exact) mass is 528 g/mol. The van der Waals surface area contributed by atoms with Crippen molar-refractivity contribution in [1.82, 2.24) is 20.4 Å². The molecule has 1 atom stereocenters. The number of hydrogen-bond donors (Lipinski definition) is 2. The van der Waals surface area contributed by atoms with Gasteiger partial charge in [0, 0.05) is 67.5 Å². The molecule has 1 aromatic carbocycles. The second kappa shape index (κ2) is 9.22. The Bertz CT molecular complexity index is 1140. The van der Waals surface area contributed by atoms with Gasteiger partial charge in [0.15, 0.2) is 0 Å². The second-order valence-electron chi connectivity index (χ2n) is 9.67. The SMILES string of the molecule is O=C1CC[C@@H](N2Cc3c(Cl)cc(CNC(=O)OC4CC(N5CCC(F)(F)C5)C4)c(F)c3C2=O)C(=O)N1. The lowest BCUT2D eigenvalue weighted by Crippen LogP contribution is -2.52. The van der Waals surface area contributed by atoms with Gasteiger partial charge in [0.05, 0.1) is 12.1 Å². The third kappa shape index (κ3) is 4.63. The minimum Gasteiger partial charge on any atom is -0.446 e. The molecule has 0 spiro atoms. The number of alkyl halides is 2. The predicted octanol–water partition coefficient (Wildman–Crippen LogP) is 2.34. The van der Waals surface area contributed by atoms with E-state index in [4.69, 9.17) is 16.3 Å². The van der Waals surface area contributed by atoms with Crippen molar-refractivity contribution in [3.8, 4) is 0 Å². The number of imide groups is 1. The average Bonchev–Trinajstić information content (AvgIpc) is 3.31. The van der Waals surface area contributed by atoms with Crippen LogP contribution in [0.5, 0.6) is 0 Å². The Morgan fingerprint density at radius 3 is 2.69 bits per heavy atom. The van der Waals surface area contributed by atoms with Crippen LogP contribution in [0, 0.1) is 5.82 Å². The number of fused-ring (bicyclic) bond motifs is 1. The zero-order valence-corrected chi connectivity index (χ0v) is 19.9. The van der Waals surface area contributed by atoms with E-state index in [2.05, 4.69) is 10.6 Å². The lowest BCUT2D eigenvalue weighted by Gasteiger charge is -2.40. The molecule has 0 bridgehead atoms. The summed E-state index contributed by atoms with van der Waals surface area (Å²) in [6.07, 6.45) is -0.278. The first kappa shape index (κ1) is 24.8. The standard InChI is InChI=1S/C23H24ClF3N4O5/c24-15-5-11(8-28-22(35)36-13-6-12(7-13)30-4-3-23(26,27)10-30)19(25)18-14(15)9-31(21(18)34)16-1-2-17(32)29-20(16)33/h5,12-13,16H,1-4,6-10H2,(H,28,35)(H,29,32,33)/t12?,13?,16-/m1/s1. The third-order valence-electron chi connectivity index (χ3n) is 7.26. The highest BCUT2D eigenvalue weighted by molar-refractivity contribution is 6.32. The van der Waals surface area contributed by atoms with Gasteiger partial charge in [0.1, 0.15) is 18.0 Å². The number of ether oxygens (including phenoxy) is 1. The third-order valence-corrected chi connectivity index (χ3v) is 7.60. The molecule has 3 aliphatic heterocycles. The average molecular weight is 529 g/mol. The van der Waals surface area contributed by atoms with E-state index in [9.17, 15) is 28.0 Å². The molecule has 9 nitrogen and oxygen atoms in total. The van der Waals surface area contributed by atoms with Crippen LogP contribution in [0.3, 0.4) is 0 Å². The van der Waals surface area contributed by atoms with Crippen LogP contribution in [-0.2, 0) is 27.4 Å². The maximum absolute atomic E-state index is 15.3. The fourth-order valence-electron chi connectivity index (χ4n) is 5.21. The largest absolute Gasteiger partial charge is 0.446 e. The Labute approximate surface area is 209 Å². The number of rotatable bonds is 5. The summed E-state index contributed by atoms with van der Waals surface area (Å²) in [7, 11) is 0. The fourth-order valence-corrected chi connectivity index (χ4v) is 5.49. The van der Waals surface area contributed by atoms with Crippen LogP contribution in [0.2, 0.25) is 5.02 Å². The van der Waals surface area contributed by atoms with Gasteiger partial charge in [-0.2, -0.15) is 0 Å². The highest BCUT2D eigenvalue weighted by atomic mass is 35.5. The molecule has 1 aromatic rings. The Balaban J connectivity index is 1.17. The van der Waals surface area contributed by atoms with E-state index in [0.29, 0.717) is 19.4 Å². The van der Waals surface area contributed by atoms with Gasteiger partial charge in [0.2, 0.25) is 11.8 Å². The van der Waals surface area contributed by atoms with E-state index in [1.807, 2.05) is 0 Å². The summed E-state index contributed by atoms with van der Waals surface area (Å²) in [5.74, 6) is -5.29. The van der Waals surface area contributed by atoms with Gasteiger partial charge in [-0.1, -0.05) is 11.6 Å². The van der Waals surface area contributed by atoms with Crippen molar-refractivity contribution in [3.63, 3.8) is 0 Å². The molecule has 13 heteroatoms. The van der Waals surface area contributed by atoms with Gasteiger partial charge in [0.25, 0.3) is 11.8 Å². The molecule has 3 fully saturated rings. The lowest BCUT2D eigenvalue weighted by atomic mass is 9.88. The number of halogens is 4. The summed E-state index contributed by atoms with van der Waals surface area (Å²) < 4.78 is 47.3. The molecule has 3 heterocycles. The molecule has 2 saturated heterocycles. The van der Waals surface area contributed by atoms with Crippen molar-refractivity contribution in [3.05, 3.63) is 33.6 Å². The molecule has 0 aromatic heterocycles. The number of piperidine rings is 1. The number of nitrogens with one attached hydrogen (secondary N) is 2.